The Balaban J connectivity index is 2.17. The normalized spacial score (nSPS) is 19.1. The topological polar surface area (TPSA) is 96.5 Å². The molecular formula is C16H24N2O5S. The molecule has 1 unspecified atom stereocenters. The summed E-state index contributed by atoms with van der Waals surface area (Å²) >= 11 is 0. The number of likely N-dealkylation sites (tertiary alicyclic amines) is 1. The molecule has 1 aromatic heterocycles. The molecule has 24 heavy (non-hydrogen) atoms. The van der Waals surface area contributed by atoms with Crippen LogP contribution in [0.5, 0.6) is 0 Å². The molecule has 134 valence electrons. The van der Waals surface area contributed by atoms with Crippen LogP contribution in [-0.2, 0) is 14.6 Å². The quantitative estimate of drug-likeness (QED) is 0.893. The van der Waals surface area contributed by atoms with Gasteiger partial charge in [0.25, 0.3) is 0 Å². The molecule has 0 saturated carbocycles. The van der Waals surface area contributed by atoms with E-state index in [1.807, 2.05) is 0 Å². The zero-order chi connectivity index (χ0) is 18.0. The van der Waals surface area contributed by atoms with Crippen LogP contribution in [0.1, 0.15) is 40.0 Å². The standard InChI is InChI=1S/C16H24N2O5S/c1-16(2,3)23-15(20)18-9-5-4-6-12(18)11-24(21,22)13-7-8-14(19)17-10-13/h7-8,10,12H,4-6,9,11H2,1-3H3,(H,17,19). The number of aromatic nitrogens is 1. The molecule has 2 rings (SSSR count). The maximum atomic E-state index is 12.6. The number of nitrogens with zero attached hydrogens (tertiary/aromatic N) is 1. The second kappa shape index (κ2) is 6.96. The van der Waals surface area contributed by atoms with Gasteiger partial charge in [0.1, 0.15) is 5.60 Å². The van der Waals surface area contributed by atoms with Crippen molar-refractivity contribution in [3.63, 3.8) is 0 Å². The zero-order valence-electron chi connectivity index (χ0n) is 14.2. The molecule has 0 radical (unpaired) electrons. The minimum Gasteiger partial charge on any atom is -0.444 e. The van der Waals surface area contributed by atoms with Gasteiger partial charge in [0.2, 0.25) is 5.56 Å². The maximum Gasteiger partial charge on any atom is 0.410 e. The van der Waals surface area contributed by atoms with Crippen LogP contribution < -0.4 is 5.56 Å². The molecule has 1 saturated heterocycles. The van der Waals surface area contributed by atoms with Gasteiger partial charge in [-0.25, -0.2) is 13.2 Å². The van der Waals surface area contributed by atoms with Gasteiger partial charge < -0.3 is 14.6 Å². The van der Waals surface area contributed by atoms with Crippen LogP contribution in [0.2, 0.25) is 0 Å². The van der Waals surface area contributed by atoms with Gasteiger partial charge in [-0.2, -0.15) is 0 Å². The Labute approximate surface area is 141 Å². The highest BCUT2D eigenvalue weighted by molar-refractivity contribution is 7.91. The zero-order valence-corrected chi connectivity index (χ0v) is 15.1. The fourth-order valence-corrected chi connectivity index (χ4v) is 4.23. The highest BCUT2D eigenvalue weighted by Gasteiger charge is 2.33. The molecule has 1 fully saturated rings. The molecule has 0 bridgehead atoms. The van der Waals surface area contributed by atoms with Crippen molar-refractivity contribution in [1.82, 2.24) is 9.88 Å². The van der Waals surface area contributed by atoms with Gasteiger partial charge in [-0.3, -0.25) is 4.79 Å². The molecule has 1 aromatic rings. The van der Waals surface area contributed by atoms with E-state index in [0.29, 0.717) is 13.0 Å². The summed E-state index contributed by atoms with van der Waals surface area (Å²) in [6.07, 6.45) is 3.02. The van der Waals surface area contributed by atoms with Crippen molar-refractivity contribution >= 4 is 15.9 Å². The largest absolute Gasteiger partial charge is 0.444 e. The third-order valence-electron chi connectivity index (χ3n) is 3.78. The molecule has 1 atom stereocenters. The minimum atomic E-state index is -3.61. The van der Waals surface area contributed by atoms with Crippen LogP contribution in [-0.4, -0.2) is 48.3 Å². The van der Waals surface area contributed by atoms with Crippen molar-refractivity contribution in [3.05, 3.63) is 28.7 Å². The summed E-state index contributed by atoms with van der Waals surface area (Å²) < 4.78 is 30.5. The van der Waals surface area contributed by atoms with E-state index < -0.39 is 27.6 Å². The maximum absolute atomic E-state index is 12.6. The Morgan fingerprint density at radius 1 is 1.33 bits per heavy atom. The number of ether oxygens (including phenoxy) is 1. The number of hydrogen-bond donors (Lipinski definition) is 1. The van der Waals surface area contributed by atoms with Crippen molar-refractivity contribution < 1.29 is 17.9 Å². The molecule has 7 nitrogen and oxygen atoms in total. The van der Waals surface area contributed by atoms with Crippen molar-refractivity contribution in [1.29, 1.82) is 0 Å². The van der Waals surface area contributed by atoms with Crippen molar-refractivity contribution in [2.24, 2.45) is 0 Å². The van der Waals surface area contributed by atoms with Gasteiger partial charge >= 0.3 is 6.09 Å². The van der Waals surface area contributed by atoms with E-state index in [1.165, 1.54) is 23.2 Å². The SMILES string of the molecule is CC(C)(C)OC(=O)N1CCCCC1CS(=O)(=O)c1ccc(=O)[nH]c1. The van der Waals surface area contributed by atoms with E-state index in [1.54, 1.807) is 20.8 Å². The van der Waals surface area contributed by atoms with Crippen LogP contribution in [0.15, 0.2) is 28.0 Å². The third-order valence-corrected chi connectivity index (χ3v) is 5.58. The Bertz CT molecular complexity index is 728. The summed E-state index contributed by atoms with van der Waals surface area (Å²) in [7, 11) is -3.61. The monoisotopic (exact) mass is 356 g/mol. The highest BCUT2D eigenvalue weighted by atomic mass is 32.2. The van der Waals surface area contributed by atoms with Gasteiger partial charge in [0.05, 0.1) is 10.6 Å². The number of hydrogen-bond acceptors (Lipinski definition) is 5. The van der Waals surface area contributed by atoms with E-state index in [2.05, 4.69) is 4.98 Å². The molecule has 1 N–H and O–H groups in total. The summed E-state index contributed by atoms with van der Waals surface area (Å²) in [6, 6.07) is 2.04. The fraction of sp³-hybridized carbons (Fsp3) is 0.625. The molecule has 0 spiro atoms. The van der Waals surface area contributed by atoms with Gasteiger partial charge in [-0.05, 0) is 46.1 Å². The van der Waals surface area contributed by atoms with Crippen LogP contribution >= 0.6 is 0 Å². The first-order valence-corrected chi connectivity index (χ1v) is 9.65. The number of aromatic amines is 1. The minimum absolute atomic E-state index is 0.0526. The second-order valence-corrected chi connectivity index (χ2v) is 9.03. The number of carbonyl (C=O) groups is 1. The molecule has 0 aromatic carbocycles. The third kappa shape index (κ3) is 4.83. The van der Waals surface area contributed by atoms with Crippen molar-refractivity contribution in [2.45, 2.75) is 56.6 Å². The van der Waals surface area contributed by atoms with Crippen LogP contribution in [0, 0.1) is 0 Å². The number of nitrogens with one attached hydrogen (secondary N) is 1. The Kier molecular flexibility index (Phi) is 5.37. The first kappa shape index (κ1) is 18.5. The van der Waals surface area contributed by atoms with Crippen molar-refractivity contribution in [3.8, 4) is 0 Å². The van der Waals surface area contributed by atoms with Gasteiger partial charge in [-0.15, -0.1) is 0 Å². The summed E-state index contributed by atoms with van der Waals surface area (Å²) in [5.41, 5.74) is -0.987. The highest BCUT2D eigenvalue weighted by Crippen LogP contribution is 2.23. The first-order chi connectivity index (χ1) is 11.1. The molecular weight excluding hydrogens is 332 g/mol. The summed E-state index contributed by atoms with van der Waals surface area (Å²) in [6.45, 7) is 5.82. The number of piperidine rings is 1. The van der Waals surface area contributed by atoms with Crippen LogP contribution in [0.3, 0.4) is 0 Å². The van der Waals surface area contributed by atoms with Gasteiger partial charge in [-0.1, -0.05) is 0 Å². The second-order valence-electron chi connectivity index (χ2n) is 6.99. The lowest BCUT2D eigenvalue weighted by molar-refractivity contribution is 0.0124. The molecule has 8 heteroatoms. The number of H-pyrrole nitrogens is 1. The average Bonchev–Trinajstić information content (AvgIpc) is 2.46. The number of amides is 1. The van der Waals surface area contributed by atoms with Gasteiger partial charge in [0.15, 0.2) is 9.84 Å². The lowest BCUT2D eigenvalue weighted by Gasteiger charge is -2.36. The number of sulfone groups is 1. The van der Waals surface area contributed by atoms with Gasteiger partial charge in [0, 0.05) is 24.8 Å². The molecule has 1 aliphatic rings. The average molecular weight is 356 g/mol. The number of rotatable bonds is 3. The predicted molar refractivity (Wildman–Crippen MR) is 89.7 cm³/mol. The number of pyridine rings is 1. The molecule has 2 heterocycles. The van der Waals surface area contributed by atoms with Crippen molar-refractivity contribution in [2.75, 3.05) is 12.3 Å². The molecule has 0 aliphatic carbocycles. The molecule has 1 amide bonds. The summed E-state index contributed by atoms with van der Waals surface area (Å²) in [4.78, 5) is 27.4. The lowest BCUT2D eigenvalue weighted by Crippen LogP contribution is -2.48. The Morgan fingerprint density at radius 2 is 2.04 bits per heavy atom. The Morgan fingerprint density at radius 3 is 2.62 bits per heavy atom. The summed E-state index contributed by atoms with van der Waals surface area (Å²) in [5.74, 6) is -0.182. The van der Waals surface area contributed by atoms with E-state index in [4.69, 9.17) is 4.74 Å². The van der Waals surface area contributed by atoms with Crippen LogP contribution in [0.25, 0.3) is 0 Å². The predicted octanol–water partition coefficient (Wildman–Crippen LogP) is 1.94. The Hall–Kier alpha value is -1.83. The summed E-state index contributed by atoms with van der Waals surface area (Å²) in [5, 5.41) is 0. The van der Waals surface area contributed by atoms with Crippen LogP contribution in [0.4, 0.5) is 4.79 Å². The smallest absolute Gasteiger partial charge is 0.410 e. The van der Waals surface area contributed by atoms with E-state index in [0.717, 1.165) is 12.8 Å². The molecule has 1 aliphatic heterocycles. The number of carbonyl (C=O) groups excluding carboxylic acids is 1. The van der Waals surface area contributed by atoms with E-state index >= 15 is 0 Å². The fourth-order valence-electron chi connectivity index (χ4n) is 2.67. The first-order valence-electron chi connectivity index (χ1n) is 8.00. The van der Waals surface area contributed by atoms with E-state index in [9.17, 15) is 18.0 Å². The van der Waals surface area contributed by atoms with E-state index in [-0.39, 0.29) is 16.2 Å². The lowest BCUT2D eigenvalue weighted by atomic mass is 10.0.